The molecule has 0 aromatic carbocycles. The summed E-state index contributed by atoms with van der Waals surface area (Å²) in [5, 5.41) is 54.2. The van der Waals surface area contributed by atoms with Crippen molar-refractivity contribution in [2.24, 2.45) is 5.41 Å². The quantitative estimate of drug-likeness (QED) is 0.0538. The minimum absolute atomic E-state index is 0.138. The smallest absolute Gasteiger partial charge is 0.220 e. The van der Waals surface area contributed by atoms with Crippen molar-refractivity contribution in [1.82, 2.24) is 10.2 Å². The zero-order chi connectivity index (χ0) is 36.7. The molecule has 1 amide bonds. The molecule has 11 nitrogen and oxygen atoms in total. The number of hydrogen-bond acceptors (Lipinski definition) is 10. The van der Waals surface area contributed by atoms with Gasteiger partial charge in [-0.1, -0.05) is 129 Å². The molecule has 5 unspecified atom stereocenters. The topological polar surface area (TPSA) is 161 Å². The Balaban J connectivity index is 1.28. The van der Waals surface area contributed by atoms with Crippen molar-refractivity contribution in [3.05, 3.63) is 0 Å². The van der Waals surface area contributed by atoms with Gasteiger partial charge in [-0.25, -0.2) is 0 Å². The summed E-state index contributed by atoms with van der Waals surface area (Å²) in [6.45, 7) is 7.10. The Morgan fingerprint density at radius 2 is 1.29 bits per heavy atom. The predicted molar refractivity (Wildman–Crippen MR) is 199 cm³/mol. The van der Waals surface area contributed by atoms with Crippen LogP contribution in [0.5, 0.6) is 0 Å². The molecule has 3 rings (SSSR count). The zero-order valence-corrected chi connectivity index (χ0v) is 32.1. The highest BCUT2D eigenvalue weighted by molar-refractivity contribution is 5.76. The lowest BCUT2D eigenvalue weighted by atomic mass is 9.78. The molecule has 0 aromatic rings. The number of ether oxygens (including phenoxy) is 3. The highest BCUT2D eigenvalue weighted by Crippen LogP contribution is 2.37. The van der Waals surface area contributed by atoms with Crippen molar-refractivity contribution in [3.8, 4) is 0 Å². The molecule has 0 bridgehead atoms. The molecule has 51 heavy (non-hydrogen) atoms. The Kier molecular flexibility index (Phi) is 22.7. The van der Waals surface area contributed by atoms with E-state index in [0.29, 0.717) is 18.3 Å². The van der Waals surface area contributed by atoms with Crippen LogP contribution in [0.4, 0.5) is 0 Å². The van der Waals surface area contributed by atoms with Crippen LogP contribution in [0.3, 0.4) is 0 Å². The molecule has 3 heterocycles. The molecular formula is C40H76N2O9. The van der Waals surface area contributed by atoms with Crippen molar-refractivity contribution in [3.63, 3.8) is 0 Å². The fraction of sp³-hybridized carbons (Fsp3) is 0.975. The van der Waals surface area contributed by atoms with Gasteiger partial charge >= 0.3 is 0 Å². The second-order valence-electron chi connectivity index (χ2n) is 16.1. The average Bonchev–Trinajstić information content (AvgIpc) is 3.09. The number of rotatable bonds is 31. The molecular weight excluding hydrogens is 652 g/mol. The van der Waals surface area contributed by atoms with E-state index in [9.17, 15) is 30.3 Å². The third kappa shape index (κ3) is 17.0. The Labute approximate surface area is 309 Å². The third-order valence-corrected chi connectivity index (χ3v) is 11.3. The minimum Gasteiger partial charge on any atom is -0.394 e. The van der Waals surface area contributed by atoms with Gasteiger partial charge in [-0.15, -0.1) is 0 Å². The highest BCUT2D eigenvalue weighted by atomic mass is 16.7. The maximum absolute atomic E-state index is 12.9. The number of nitrogens with zero attached hydrogens (tertiary/aromatic N) is 1. The van der Waals surface area contributed by atoms with E-state index in [1.165, 1.54) is 116 Å². The number of carbonyl (C=O) groups is 1. The van der Waals surface area contributed by atoms with Gasteiger partial charge in [-0.2, -0.15) is 0 Å². The Bertz CT molecular complexity index is 884. The fourth-order valence-corrected chi connectivity index (χ4v) is 7.82. The Hall–Kier alpha value is -0.890. The van der Waals surface area contributed by atoms with E-state index in [0.717, 1.165) is 51.7 Å². The number of nitrogens with one attached hydrogen (secondary N) is 1. The lowest BCUT2D eigenvalue weighted by Crippen LogP contribution is -2.65. The number of aliphatic hydroxyl groups is 5. The van der Waals surface area contributed by atoms with Crippen molar-refractivity contribution < 1.29 is 44.5 Å². The van der Waals surface area contributed by atoms with E-state index in [2.05, 4.69) is 17.1 Å². The standard InChI is InChI=1S/C40H76N2O9/c1-2-3-4-5-6-7-8-9-10-11-14-17-20-23-33(44)32(27-50-39-38(48)37(47)36(46)34(26-43)51-39)41-35(45)24-21-18-15-12-13-16-19-22-25-42-28-40(29-42)30-49-31-40/h32-34,36-39,43-44,46-48H,2-31H2,1H3,(H,41,45)/t32-,33+,34?,36?,37?,38?,39?/m0/s1. The van der Waals surface area contributed by atoms with Crippen LogP contribution in [-0.2, 0) is 19.0 Å². The SMILES string of the molecule is CCCCCCCCCCCCCCC[C@@H](O)[C@H](COC1OC(CO)C(O)C(O)C1O)NC(=O)CCCCCCCCCCN1CC2(COC2)C1. The molecule has 3 fully saturated rings. The monoisotopic (exact) mass is 729 g/mol. The molecule has 7 atom stereocenters. The van der Waals surface area contributed by atoms with E-state index < -0.39 is 49.5 Å². The first kappa shape index (κ1) is 44.5. The second-order valence-corrected chi connectivity index (χ2v) is 16.1. The van der Waals surface area contributed by atoms with Gasteiger partial charge in [0.1, 0.15) is 24.4 Å². The Morgan fingerprint density at radius 3 is 1.82 bits per heavy atom. The molecule has 0 aromatic heterocycles. The first-order valence-corrected chi connectivity index (χ1v) is 21.0. The van der Waals surface area contributed by atoms with Crippen LogP contribution in [0.15, 0.2) is 0 Å². The van der Waals surface area contributed by atoms with Crippen LogP contribution in [0.25, 0.3) is 0 Å². The minimum atomic E-state index is -1.55. The highest BCUT2D eigenvalue weighted by Gasteiger charge is 2.48. The molecule has 0 saturated carbocycles. The van der Waals surface area contributed by atoms with Gasteiger partial charge in [0.2, 0.25) is 5.91 Å². The second kappa shape index (κ2) is 26.0. The normalized spacial score (nSPS) is 25.7. The van der Waals surface area contributed by atoms with E-state index in [1.54, 1.807) is 0 Å². The van der Waals surface area contributed by atoms with Crippen LogP contribution in [-0.4, -0.2) is 125 Å². The summed E-state index contributed by atoms with van der Waals surface area (Å²) >= 11 is 0. The van der Waals surface area contributed by atoms with Gasteiger partial charge in [0.15, 0.2) is 6.29 Å². The zero-order valence-electron chi connectivity index (χ0n) is 32.1. The number of hydrogen-bond donors (Lipinski definition) is 6. The van der Waals surface area contributed by atoms with Gasteiger partial charge in [-0.05, 0) is 25.8 Å². The van der Waals surface area contributed by atoms with Crippen molar-refractivity contribution in [2.75, 3.05) is 46.1 Å². The van der Waals surface area contributed by atoms with Gasteiger partial charge in [0, 0.05) is 24.9 Å². The molecule has 0 aliphatic carbocycles. The molecule has 3 aliphatic heterocycles. The van der Waals surface area contributed by atoms with E-state index in [4.69, 9.17) is 14.2 Å². The number of unbranched alkanes of at least 4 members (excludes halogenated alkanes) is 19. The number of amides is 1. The van der Waals surface area contributed by atoms with E-state index >= 15 is 0 Å². The molecule has 1 spiro atoms. The first-order valence-electron chi connectivity index (χ1n) is 21.0. The van der Waals surface area contributed by atoms with Gasteiger partial charge in [-0.3, -0.25) is 4.79 Å². The van der Waals surface area contributed by atoms with Gasteiger partial charge in [0.25, 0.3) is 0 Å². The van der Waals surface area contributed by atoms with Crippen molar-refractivity contribution >= 4 is 5.91 Å². The first-order chi connectivity index (χ1) is 24.8. The van der Waals surface area contributed by atoms with Crippen LogP contribution in [0, 0.1) is 5.41 Å². The van der Waals surface area contributed by atoms with Crippen LogP contribution >= 0.6 is 0 Å². The van der Waals surface area contributed by atoms with Crippen LogP contribution in [0.2, 0.25) is 0 Å². The molecule has 0 radical (unpaired) electrons. The molecule has 6 N–H and O–H groups in total. The Morgan fingerprint density at radius 1 is 0.765 bits per heavy atom. The van der Waals surface area contributed by atoms with Crippen molar-refractivity contribution in [2.45, 2.75) is 197 Å². The largest absolute Gasteiger partial charge is 0.394 e. The molecule has 3 saturated heterocycles. The summed E-state index contributed by atoms with van der Waals surface area (Å²) in [4.78, 5) is 15.5. The van der Waals surface area contributed by atoms with Gasteiger partial charge < -0.3 is 50.0 Å². The lowest BCUT2D eigenvalue weighted by Gasteiger charge is -2.55. The average molecular weight is 729 g/mol. The summed E-state index contributed by atoms with van der Waals surface area (Å²) < 4.78 is 16.6. The van der Waals surface area contributed by atoms with Crippen molar-refractivity contribution in [1.29, 1.82) is 0 Å². The van der Waals surface area contributed by atoms with Crippen LogP contribution < -0.4 is 5.32 Å². The number of carbonyl (C=O) groups excluding carboxylic acids is 1. The van der Waals surface area contributed by atoms with E-state index in [-0.39, 0.29) is 12.5 Å². The third-order valence-electron chi connectivity index (χ3n) is 11.3. The maximum atomic E-state index is 12.9. The fourth-order valence-electron chi connectivity index (χ4n) is 7.82. The van der Waals surface area contributed by atoms with E-state index in [1.807, 2.05) is 0 Å². The summed E-state index contributed by atoms with van der Waals surface area (Å²) in [5.41, 5.74) is 0.505. The summed E-state index contributed by atoms with van der Waals surface area (Å²) in [6.07, 6.45) is 18.2. The van der Waals surface area contributed by atoms with Gasteiger partial charge in [0.05, 0.1) is 38.6 Å². The molecule has 11 heteroatoms. The number of likely N-dealkylation sites (tertiary alicyclic amines) is 1. The summed E-state index contributed by atoms with van der Waals surface area (Å²) in [7, 11) is 0. The lowest BCUT2D eigenvalue weighted by molar-refractivity contribution is -0.302. The summed E-state index contributed by atoms with van der Waals surface area (Å²) in [5.74, 6) is -0.150. The number of aliphatic hydroxyl groups excluding tert-OH is 5. The molecule has 300 valence electrons. The molecule has 3 aliphatic rings. The maximum Gasteiger partial charge on any atom is 0.220 e. The predicted octanol–water partition coefficient (Wildman–Crippen LogP) is 4.97. The van der Waals surface area contributed by atoms with Crippen LogP contribution in [0.1, 0.15) is 155 Å². The summed E-state index contributed by atoms with van der Waals surface area (Å²) in [6, 6.07) is -0.717.